The van der Waals surface area contributed by atoms with Crippen molar-refractivity contribution in [2.45, 2.75) is 45.6 Å². The van der Waals surface area contributed by atoms with E-state index in [2.05, 4.69) is 29.6 Å². The molecule has 14 heavy (non-hydrogen) atoms. The Hall–Kier alpha value is -0.770. The van der Waals surface area contributed by atoms with Gasteiger partial charge in [-0.1, -0.05) is 13.3 Å². The Morgan fingerprint density at radius 2 is 2.29 bits per heavy atom. The molecule has 0 aliphatic heterocycles. The number of hydrazine groups is 1. The van der Waals surface area contributed by atoms with Crippen molar-refractivity contribution >= 4 is 5.96 Å². The Kier molecular flexibility index (Phi) is 4.73. The lowest BCUT2D eigenvalue weighted by Crippen LogP contribution is -2.49. The molecule has 0 bridgehead atoms. The van der Waals surface area contributed by atoms with E-state index in [9.17, 15) is 0 Å². The molecular formula is C10H22N4. The number of guanidine groups is 1. The van der Waals surface area contributed by atoms with Gasteiger partial charge in [-0.2, -0.15) is 0 Å². The molecule has 1 aliphatic carbocycles. The fraction of sp³-hybridized carbons (Fsp3) is 0.900. The van der Waals surface area contributed by atoms with Gasteiger partial charge in [-0.05, 0) is 32.1 Å². The van der Waals surface area contributed by atoms with Crippen molar-refractivity contribution in [1.29, 1.82) is 0 Å². The molecule has 0 heterocycles. The summed E-state index contributed by atoms with van der Waals surface area (Å²) in [4.78, 5) is 4.31. The van der Waals surface area contributed by atoms with Crippen molar-refractivity contribution in [2.75, 3.05) is 6.54 Å². The maximum absolute atomic E-state index is 5.38. The number of rotatable bonds is 4. The van der Waals surface area contributed by atoms with E-state index in [1.54, 1.807) is 0 Å². The van der Waals surface area contributed by atoms with E-state index in [4.69, 9.17) is 5.84 Å². The topological polar surface area (TPSA) is 62.4 Å². The minimum absolute atomic E-state index is 0.482. The molecule has 0 amide bonds. The van der Waals surface area contributed by atoms with E-state index >= 15 is 0 Å². The maximum Gasteiger partial charge on any atom is 0.205 e. The largest absolute Gasteiger partial charge is 0.353 e. The van der Waals surface area contributed by atoms with Crippen LogP contribution in [0.4, 0.5) is 0 Å². The van der Waals surface area contributed by atoms with Gasteiger partial charge in [0.15, 0.2) is 0 Å². The second-order valence-electron chi connectivity index (χ2n) is 4.00. The van der Waals surface area contributed by atoms with Gasteiger partial charge >= 0.3 is 0 Å². The minimum Gasteiger partial charge on any atom is -0.353 e. The first-order valence-corrected chi connectivity index (χ1v) is 5.55. The summed E-state index contributed by atoms with van der Waals surface area (Å²) in [6, 6.07) is 0.482. The van der Waals surface area contributed by atoms with Gasteiger partial charge in [0.1, 0.15) is 0 Å². The summed E-state index contributed by atoms with van der Waals surface area (Å²) in [5.41, 5.74) is 2.61. The molecule has 1 atom stereocenters. The monoisotopic (exact) mass is 198 g/mol. The molecule has 4 nitrogen and oxygen atoms in total. The van der Waals surface area contributed by atoms with Crippen molar-refractivity contribution in [1.82, 2.24) is 10.7 Å². The van der Waals surface area contributed by atoms with Crippen LogP contribution >= 0.6 is 0 Å². The van der Waals surface area contributed by atoms with Crippen LogP contribution in [0.1, 0.15) is 39.5 Å². The van der Waals surface area contributed by atoms with E-state index in [0.717, 1.165) is 24.8 Å². The molecule has 0 aromatic rings. The number of nitrogens with zero attached hydrogens (tertiary/aromatic N) is 1. The summed E-state index contributed by atoms with van der Waals surface area (Å²) in [6.07, 6.45) is 5.08. The molecule has 1 saturated carbocycles. The highest BCUT2D eigenvalue weighted by molar-refractivity contribution is 5.79. The van der Waals surface area contributed by atoms with Crippen molar-refractivity contribution in [3.63, 3.8) is 0 Å². The lowest BCUT2D eigenvalue weighted by molar-refractivity contribution is 0.257. The van der Waals surface area contributed by atoms with Crippen LogP contribution in [0.5, 0.6) is 0 Å². The molecule has 1 fully saturated rings. The van der Waals surface area contributed by atoms with Gasteiger partial charge < -0.3 is 5.32 Å². The Labute approximate surface area is 86.3 Å². The highest BCUT2D eigenvalue weighted by Crippen LogP contribution is 2.29. The number of nitrogens with two attached hydrogens (primary N) is 1. The van der Waals surface area contributed by atoms with Crippen molar-refractivity contribution in [2.24, 2.45) is 16.8 Å². The highest BCUT2D eigenvalue weighted by Gasteiger charge is 2.24. The predicted octanol–water partition coefficient (Wildman–Crippen LogP) is 0.994. The third-order valence-electron chi connectivity index (χ3n) is 2.85. The smallest absolute Gasteiger partial charge is 0.205 e. The lowest BCUT2D eigenvalue weighted by Gasteiger charge is -2.32. The molecule has 0 aromatic carbocycles. The molecule has 1 rings (SSSR count). The third-order valence-corrected chi connectivity index (χ3v) is 2.85. The molecular weight excluding hydrogens is 176 g/mol. The van der Waals surface area contributed by atoms with E-state index in [1.807, 2.05) is 0 Å². The lowest BCUT2D eigenvalue weighted by atomic mass is 9.80. The average Bonchev–Trinajstić information content (AvgIpc) is 2.09. The zero-order valence-corrected chi connectivity index (χ0v) is 9.21. The van der Waals surface area contributed by atoms with E-state index in [1.165, 1.54) is 19.3 Å². The first-order valence-electron chi connectivity index (χ1n) is 5.55. The van der Waals surface area contributed by atoms with Gasteiger partial charge in [0.2, 0.25) is 5.96 Å². The van der Waals surface area contributed by atoms with Crippen LogP contribution < -0.4 is 16.6 Å². The Morgan fingerprint density at radius 1 is 1.57 bits per heavy atom. The van der Waals surface area contributed by atoms with Gasteiger partial charge in [0.25, 0.3) is 0 Å². The predicted molar refractivity (Wildman–Crippen MR) is 59.9 cm³/mol. The number of hydrogen-bond donors (Lipinski definition) is 3. The summed E-state index contributed by atoms with van der Waals surface area (Å²) < 4.78 is 0. The fourth-order valence-corrected chi connectivity index (χ4v) is 1.63. The Balaban J connectivity index is 2.30. The van der Waals surface area contributed by atoms with E-state index < -0.39 is 0 Å². The van der Waals surface area contributed by atoms with Crippen LogP contribution in [-0.4, -0.2) is 18.5 Å². The van der Waals surface area contributed by atoms with Crippen LogP contribution in [0.25, 0.3) is 0 Å². The summed E-state index contributed by atoms with van der Waals surface area (Å²) in [5.74, 6) is 6.91. The second kappa shape index (κ2) is 5.86. The zero-order chi connectivity index (χ0) is 10.4. The summed E-state index contributed by atoms with van der Waals surface area (Å²) in [6.45, 7) is 5.12. The molecule has 4 N–H and O–H groups in total. The minimum atomic E-state index is 0.482. The van der Waals surface area contributed by atoms with Crippen LogP contribution in [-0.2, 0) is 0 Å². The number of aliphatic imine (C=N–C) groups is 1. The molecule has 1 aliphatic rings. The quantitative estimate of drug-likeness (QED) is 0.273. The average molecular weight is 198 g/mol. The van der Waals surface area contributed by atoms with Crippen LogP contribution in [0.2, 0.25) is 0 Å². The van der Waals surface area contributed by atoms with Crippen molar-refractivity contribution in [3.05, 3.63) is 0 Å². The van der Waals surface area contributed by atoms with Crippen LogP contribution in [0.15, 0.2) is 4.99 Å². The molecule has 0 spiro atoms. The second-order valence-corrected chi connectivity index (χ2v) is 4.00. The van der Waals surface area contributed by atoms with Gasteiger partial charge in [-0.15, -0.1) is 0 Å². The SMILES string of the molecule is CCCN=C(NN)NC(C)C1CCC1. The summed E-state index contributed by atoms with van der Waals surface area (Å²) in [7, 11) is 0. The third kappa shape index (κ3) is 3.18. The molecule has 82 valence electrons. The molecule has 0 radical (unpaired) electrons. The zero-order valence-electron chi connectivity index (χ0n) is 9.21. The molecule has 4 heteroatoms. The van der Waals surface area contributed by atoms with Gasteiger partial charge in [-0.3, -0.25) is 10.4 Å². The maximum atomic E-state index is 5.38. The fourth-order valence-electron chi connectivity index (χ4n) is 1.63. The molecule has 0 aromatic heterocycles. The van der Waals surface area contributed by atoms with E-state index in [-0.39, 0.29) is 0 Å². The Morgan fingerprint density at radius 3 is 2.71 bits per heavy atom. The van der Waals surface area contributed by atoms with Gasteiger partial charge in [0.05, 0.1) is 0 Å². The first-order chi connectivity index (χ1) is 6.77. The Bertz CT molecular complexity index is 187. The summed E-state index contributed by atoms with van der Waals surface area (Å²) in [5, 5.41) is 3.32. The summed E-state index contributed by atoms with van der Waals surface area (Å²) >= 11 is 0. The number of hydrogen-bond acceptors (Lipinski definition) is 2. The van der Waals surface area contributed by atoms with Crippen molar-refractivity contribution in [3.8, 4) is 0 Å². The van der Waals surface area contributed by atoms with E-state index in [0.29, 0.717) is 6.04 Å². The van der Waals surface area contributed by atoms with Crippen molar-refractivity contribution < 1.29 is 0 Å². The van der Waals surface area contributed by atoms with Gasteiger partial charge in [-0.25, -0.2) is 5.84 Å². The number of nitrogens with one attached hydrogen (secondary N) is 2. The van der Waals surface area contributed by atoms with Crippen LogP contribution in [0, 0.1) is 5.92 Å². The van der Waals surface area contributed by atoms with Gasteiger partial charge in [0, 0.05) is 12.6 Å². The van der Waals surface area contributed by atoms with Crippen LogP contribution in [0.3, 0.4) is 0 Å². The standard InChI is InChI=1S/C10H22N4/c1-3-7-12-10(14-11)13-8(2)9-5-4-6-9/h8-9H,3-7,11H2,1-2H3,(H2,12,13,14). The normalized spacial score (nSPS) is 20.1. The molecule has 1 unspecified atom stereocenters. The highest BCUT2D eigenvalue weighted by atomic mass is 15.3. The molecule has 0 saturated heterocycles. The first kappa shape index (κ1) is 11.3.